The Hall–Kier alpha value is -3.07. The molecule has 2 heterocycles. The zero-order valence-electron chi connectivity index (χ0n) is 17.2. The average Bonchev–Trinajstić information content (AvgIpc) is 2.72. The molecule has 2 aliphatic heterocycles. The number of nitrogens with two attached hydrogens (primary N) is 1. The van der Waals surface area contributed by atoms with Crippen molar-refractivity contribution in [1.82, 2.24) is 4.90 Å². The monoisotopic (exact) mass is 443 g/mol. The van der Waals surface area contributed by atoms with E-state index in [1.54, 1.807) is 35.2 Å². The number of aryl methyl sites for hydroxylation is 1. The minimum Gasteiger partial charge on any atom is -0.507 e. The van der Waals surface area contributed by atoms with Crippen molar-refractivity contribution in [3.8, 4) is 11.5 Å². The first-order valence-corrected chi connectivity index (χ1v) is 11.8. The van der Waals surface area contributed by atoms with E-state index in [0.717, 1.165) is 18.4 Å². The molecule has 0 aromatic heterocycles. The molecule has 31 heavy (non-hydrogen) atoms. The van der Waals surface area contributed by atoms with Crippen LogP contribution in [0, 0.1) is 12.8 Å². The number of piperidine rings is 1. The molecule has 9 heteroatoms. The van der Waals surface area contributed by atoms with Gasteiger partial charge in [0.1, 0.15) is 17.3 Å². The summed E-state index contributed by atoms with van der Waals surface area (Å²) in [6.45, 7) is 3.38. The van der Waals surface area contributed by atoms with Gasteiger partial charge < -0.3 is 20.5 Å². The highest BCUT2D eigenvalue weighted by molar-refractivity contribution is 7.89. The molecule has 1 atom stereocenters. The fourth-order valence-electron chi connectivity index (χ4n) is 4.12. The van der Waals surface area contributed by atoms with Crippen LogP contribution in [0.5, 0.6) is 11.5 Å². The molecule has 1 saturated heterocycles. The van der Waals surface area contributed by atoms with Crippen LogP contribution in [-0.2, 0) is 15.8 Å². The van der Waals surface area contributed by atoms with E-state index in [-0.39, 0.29) is 29.2 Å². The second-order valence-corrected chi connectivity index (χ2v) is 9.72. The summed E-state index contributed by atoms with van der Waals surface area (Å²) < 4.78 is 33.3. The van der Waals surface area contributed by atoms with E-state index in [1.807, 2.05) is 6.92 Å². The molecule has 3 N–H and O–H groups in total. The molecule has 1 amide bonds. The molecule has 0 unspecified atom stereocenters. The zero-order valence-corrected chi connectivity index (χ0v) is 18.1. The van der Waals surface area contributed by atoms with Gasteiger partial charge in [-0.2, -0.15) is 0 Å². The molecule has 2 aromatic rings. The van der Waals surface area contributed by atoms with Crippen LogP contribution < -0.4 is 10.5 Å². The normalized spacial score (nSPS) is 20.0. The molecule has 0 radical (unpaired) electrons. The Bertz CT molecular complexity index is 1160. The largest absolute Gasteiger partial charge is 0.507 e. The van der Waals surface area contributed by atoms with Crippen molar-refractivity contribution >= 4 is 21.8 Å². The molecule has 164 valence electrons. The maximum atomic E-state index is 12.9. The average molecular weight is 444 g/mol. The van der Waals surface area contributed by atoms with Gasteiger partial charge in [-0.15, -0.1) is 4.40 Å². The maximum Gasteiger partial charge on any atom is 0.259 e. The van der Waals surface area contributed by atoms with Crippen LogP contribution in [0.3, 0.4) is 0 Å². The topological polar surface area (TPSA) is 122 Å². The first kappa shape index (κ1) is 21.2. The van der Waals surface area contributed by atoms with Crippen LogP contribution in [0.15, 0.2) is 40.8 Å². The second kappa shape index (κ2) is 8.22. The number of phenols is 1. The summed E-state index contributed by atoms with van der Waals surface area (Å²) in [5, 5.41) is 10.1. The van der Waals surface area contributed by atoms with E-state index >= 15 is 0 Å². The van der Waals surface area contributed by atoms with Gasteiger partial charge in [0.15, 0.2) is 0 Å². The standard InChI is InChI=1S/C22H25N3O5S/c1-14-7-8-18(26)17(10-14)22(27)25-9-3-4-15(11-25)12-30-19-6-2-5-16-13-31(28,29)24-21(23)20(16)19/h2,5-8,10,15,26H,3-4,9,11-13H2,1H3,(H2,23,24)/t15-/m0/s1. The Morgan fingerprint density at radius 1 is 1.32 bits per heavy atom. The number of carbonyl (C=O) groups excluding carboxylic acids is 1. The third-order valence-electron chi connectivity index (χ3n) is 5.61. The highest BCUT2D eigenvalue weighted by atomic mass is 32.2. The molecule has 2 aliphatic rings. The van der Waals surface area contributed by atoms with Gasteiger partial charge in [0.2, 0.25) is 0 Å². The van der Waals surface area contributed by atoms with Crippen molar-refractivity contribution in [2.24, 2.45) is 16.0 Å². The molecule has 0 bridgehead atoms. The van der Waals surface area contributed by atoms with Gasteiger partial charge in [0.25, 0.3) is 15.9 Å². The van der Waals surface area contributed by atoms with Gasteiger partial charge in [-0.25, -0.2) is 8.42 Å². The van der Waals surface area contributed by atoms with E-state index in [0.29, 0.717) is 42.1 Å². The number of nitrogens with zero attached hydrogens (tertiary/aromatic N) is 2. The lowest BCUT2D eigenvalue weighted by Gasteiger charge is -2.33. The maximum absolute atomic E-state index is 12.9. The van der Waals surface area contributed by atoms with E-state index in [9.17, 15) is 18.3 Å². The van der Waals surface area contributed by atoms with Gasteiger partial charge in [-0.3, -0.25) is 4.79 Å². The van der Waals surface area contributed by atoms with E-state index in [2.05, 4.69) is 4.40 Å². The SMILES string of the molecule is Cc1ccc(O)c(C(=O)N2CCC[C@H](COc3cccc4c3C(N)=NS(=O)(=O)C4)C2)c1. The first-order valence-electron chi connectivity index (χ1n) is 10.2. The van der Waals surface area contributed by atoms with E-state index < -0.39 is 10.0 Å². The number of hydrogen-bond acceptors (Lipinski definition) is 6. The quantitative estimate of drug-likeness (QED) is 0.747. The summed E-state index contributed by atoms with van der Waals surface area (Å²) >= 11 is 0. The molecule has 0 spiro atoms. The number of amidine groups is 1. The van der Waals surface area contributed by atoms with E-state index in [1.165, 1.54) is 6.07 Å². The summed E-state index contributed by atoms with van der Waals surface area (Å²) in [6, 6.07) is 10.2. The number of carbonyl (C=O) groups is 1. The zero-order chi connectivity index (χ0) is 22.2. The number of amides is 1. The molecule has 1 fully saturated rings. The van der Waals surface area contributed by atoms with Crippen molar-refractivity contribution in [1.29, 1.82) is 0 Å². The highest BCUT2D eigenvalue weighted by Gasteiger charge is 2.28. The minimum absolute atomic E-state index is 0.0189. The summed E-state index contributed by atoms with van der Waals surface area (Å²) in [5.74, 6) is 0.122. The van der Waals surface area contributed by atoms with Crippen molar-refractivity contribution < 1.29 is 23.1 Å². The summed E-state index contributed by atoms with van der Waals surface area (Å²) in [7, 11) is -3.60. The molecule has 4 rings (SSSR count). The molecular formula is C22H25N3O5S. The first-order chi connectivity index (χ1) is 14.7. The fraction of sp³-hybridized carbons (Fsp3) is 0.364. The van der Waals surface area contributed by atoms with Crippen LogP contribution in [0.4, 0.5) is 0 Å². The molecular weight excluding hydrogens is 418 g/mol. The smallest absolute Gasteiger partial charge is 0.259 e. The van der Waals surface area contributed by atoms with E-state index in [4.69, 9.17) is 10.5 Å². The lowest BCUT2D eigenvalue weighted by molar-refractivity contribution is 0.0630. The number of aromatic hydroxyl groups is 1. The van der Waals surface area contributed by atoms with Gasteiger partial charge in [0, 0.05) is 19.0 Å². The third-order valence-corrected chi connectivity index (χ3v) is 6.76. The number of rotatable bonds is 4. The van der Waals surface area contributed by atoms with Crippen molar-refractivity contribution in [2.75, 3.05) is 19.7 Å². The van der Waals surface area contributed by atoms with Crippen LogP contribution in [0.1, 0.15) is 39.9 Å². The summed E-state index contributed by atoms with van der Waals surface area (Å²) in [4.78, 5) is 14.7. The molecule has 8 nitrogen and oxygen atoms in total. The minimum atomic E-state index is -3.60. The van der Waals surface area contributed by atoms with Gasteiger partial charge in [0.05, 0.1) is 23.5 Å². The predicted octanol–water partition coefficient (Wildman–Crippen LogP) is 2.18. The Labute approximate surface area is 181 Å². The van der Waals surface area contributed by atoms with Gasteiger partial charge >= 0.3 is 0 Å². The van der Waals surface area contributed by atoms with Gasteiger partial charge in [-0.1, -0.05) is 23.8 Å². The number of phenolic OH excluding ortho intramolecular Hbond substituents is 1. The third kappa shape index (κ3) is 4.51. The number of benzene rings is 2. The Balaban J connectivity index is 1.46. The Kier molecular flexibility index (Phi) is 5.62. The van der Waals surface area contributed by atoms with Crippen LogP contribution in [0.2, 0.25) is 0 Å². The Morgan fingerprint density at radius 3 is 2.94 bits per heavy atom. The Morgan fingerprint density at radius 2 is 2.13 bits per heavy atom. The summed E-state index contributed by atoms with van der Waals surface area (Å²) in [5.41, 5.74) is 8.21. The molecule has 2 aromatic carbocycles. The number of sulfonamides is 1. The predicted molar refractivity (Wildman–Crippen MR) is 117 cm³/mol. The van der Waals surface area contributed by atoms with Crippen molar-refractivity contribution in [3.05, 3.63) is 58.7 Å². The summed E-state index contributed by atoms with van der Waals surface area (Å²) in [6.07, 6.45) is 1.73. The molecule has 0 saturated carbocycles. The number of fused-ring (bicyclic) bond motifs is 1. The molecule has 0 aliphatic carbocycles. The second-order valence-electron chi connectivity index (χ2n) is 8.08. The fourth-order valence-corrected chi connectivity index (χ4v) is 5.21. The van der Waals surface area contributed by atoms with Crippen molar-refractivity contribution in [3.63, 3.8) is 0 Å². The van der Waals surface area contributed by atoms with Crippen LogP contribution in [0.25, 0.3) is 0 Å². The number of ether oxygens (including phenoxy) is 1. The lowest BCUT2D eigenvalue weighted by Crippen LogP contribution is -2.41. The number of hydrogen-bond donors (Lipinski definition) is 2. The number of likely N-dealkylation sites (tertiary alicyclic amines) is 1. The van der Waals surface area contributed by atoms with Crippen LogP contribution in [-0.4, -0.2) is 49.9 Å². The van der Waals surface area contributed by atoms with Crippen molar-refractivity contribution in [2.45, 2.75) is 25.5 Å². The van der Waals surface area contributed by atoms with Crippen LogP contribution >= 0.6 is 0 Å². The van der Waals surface area contributed by atoms with Gasteiger partial charge in [-0.05, 0) is 43.5 Å². The highest BCUT2D eigenvalue weighted by Crippen LogP contribution is 2.29. The lowest BCUT2D eigenvalue weighted by atomic mass is 9.97.